The van der Waals surface area contributed by atoms with Gasteiger partial charge in [0.15, 0.2) is 9.84 Å². The summed E-state index contributed by atoms with van der Waals surface area (Å²) in [5.74, 6) is -0.535. The molecular weight excluding hydrogens is 364 g/mol. The zero-order valence-corrected chi connectivity index (χ0v) is 15.4. The van der Waals surface area contributed by atoms with Crippen molar-refractivity contribution in [3.8, 4) is 0 Å². The number of nitrogens with one attached hydrogen (secondary N) is 1. The molecule has 0 aliphatic carbocycles. The molecule has 3 rings (SSSR count). The highest BCUT2D eigenvalue weighted by Gasteiger charge is 2.36. The summed E-state index contributed by atoms with van der Waals surface area (Å²) in [6.07, 6.45) is 1.35. The Morgan fingerprint density at radius 2 is 2.00 bits per heavy atom. The molecule has 25 heavy (non-hydrogen) atoms. The van der Waals surface area contributed by atoms with E-state index >= 15 is 0 Å². The van der Waals surface area contributed by atoms with Crippen LogP contribution >= 0.6 is 11.6 Å². The van der Waals surface area contributed by atoms with Crippen molar-refractivity contribution in [2.45, 2.75) is 25.3 Å². The summed E-state index contributed by atoms with van der Waals surface area (Å²) in [5, 5.41) is 3.46. The molecule has 6 nitrogen and oxygen atoms in total. The molecule has 2 aliphatic heterocycles. The number of halogens is 1. The van der Waals surface area contributed by atoms with Gasteiger partial charge in [0.1, 0.15) is 0 Å². The number of hydrogen-bond donors (Lipinski definition) is 1. The van der Waals surface area contributed by atoms with Gasteiger partial charge in [-0.1, -0.05) is 23.7 Å². The van der Waals surface area contributed by atoms with Crippen LogP contribution in [0.25, 0.3) is 0 Å². The summed E-state index contributed by atoms with van der Waals surface area (Å²) < 4.78 is 22.9. The third kappa shape index (κ3) is 4.73. The number of carbonyl (C=O) groups is 2. The highest BCUT2D eigenvalue weighted by molar-refractivity contribution is 7.91. The maximum absolute atomic E-state index is 12.3. The molecule has 0 aromatic heterocycles. The van der Waals surface area contributed by atoms with Gasteiger partial charge < -0.3 is 10.2 Å². The van der Waals surface area contributed by atoms with Crippen molar-refractivity contribution in [3.63, 3.8) is 0 Å². The molecule has 8 heteroatoms. The standard InChI is InChI=1S/C17H21ClN2O4S/c18-14-3-1-12(2-4-14)5-7-20-10-13(9-16(20)21)17(22)19-15-6-8-25(23,24)11-15/h1-4,13,15H,5-11H2,(H,19,22). The van der Waals surface area contributed by atoms with Gasteiger partial charge in [-0.05, 0) is 30.5 Å². The van der Waals surface area contributed by atoms with Crippen molar-refractivity contribution in [3.05, 3.63) is 34.9 Å². The maximum Gasteiger partial charge on any atom is 0.225 e. The Morgan fingerprint density at radius 1 is 1.28 bits per heavy atom. The number of benzene rings is 1. The zero-order chi connectivity index (χ0) is 18.0. The van der Waals surface area contributed by atoms with E-state index in [1.54, 1.807) is 4.90 Å². The largest absolute Gasteiger partial charge is 0.352 e. The molecule has 2 saturated heterocycles. The Hall–Kier alpha value is -1.60. The lowest BCUT2D eigenvalue weighted by atomic mass is 10.1. The van der Waals surface area contributed by atoms with Crippen LogP contribution in [0.1, 0.15) is 18.4 Å². The first-order valence-corrected chi connectivity index (χ1v) is 10.6. The Kier molecular flexibility index (Phi) is 5.34. The number of likely N-dealkylation sites (tertiary alicyclic amines) is 1. The molecule has 1 aromatic carbocycles. The molecule has 2 atom stereocenters. The van der Waals surface area contributed by atoms with Crippen LogP contribution in [0.5, 0.6) is 0 Å². The quantitative estimate of drug-likeness (QED) is 0.822. The second-order valence-corrected chi connectivity index (χ2v) is 9.39. The fourth-order valence-corrected chi connectivity index (χ4v) is 5.11. The molecule has 2 fully saturated rings. The Balaban J connectivity index is 1.49. The van der Waals surface area contributed by atoms with Crippen LogP contribution in [0.3, 0.4) is 0 Å². The van der Waals surface area contributed by atoms with Gasteiger partial charge in [0.25, 0.3) is 0 Å². The molecule has 136 valence electrons. The number of hydrogen-bond acceptors (Lipinski definition) is 4. The van der Waals surface area contributed by atoms with E-state index in [-0.39, 0.29) is 35.8 Å². The predicted octanol–water partition coefficient (Wildman–Crippen LogP) is 1.03. The number of sulfone groups is 1. The first-order valence-electron chi connectivity index (χ1n) is 8.35. The fourth-order valence-electron chi connectivity index (χ4n) is 3.31. The normalized spacial score (nSPS) is 25.3. The van der Waals surface area contributed by atoms with Gasteiger partial charge in [-0.2, -0.15) is 0 Å². The van der Waals surface area contributed by atoms with E-state index in [4.69, 9.17) is 11.6 Å². The van der Waals surface area contributed by atoms with E-state index in [1.807, 2.05) is 24.3 Å². The van der Waals surface area contributed by atoms with Crippen LogP contribution in [0.4, 0.5) is 0 Å². The van der Waals surface area contributed by atoms with Crippen molar-refractivity contribution in [1.29, 1.82) is 0 Å². The molecule has 0 radical (unpaired) electrons. The average molecular weight is 385 g/mol. The first-order chi connectivity index (χ1) is 11.8. The van der Waals surface area contributed by atoms with E-state index in [0.29, 0.717) is 31.0 Å². The summed E-state index contributed by atoms with van der Waals surface area (Å²) in [6.45, 7) is 0.944. The molecule has 2 unspecified atom stereocenters. The topological polar surface area (TPSA) is 83.5 Å². The van der Waals surface area contributed by atoms with Crippen molar-refractivity contribution in [2.75, 3.05) is 24.6 Å². The van der Waals surface area contributed by atoms with Gasteiger partial charge in [0.05, 0.1) is 17.4 Å². The lowest BCUT2D eigenvalue weighted by molar-refractivity contribution is -0.129. The monoisotopic (exact) mass is 384 g/mol. The van der Waals surface area contributed by atoms with E-state index in [0.717, 1.165) is 5.56 Å². The highest BCUT2D eigenvalue weighted by Crippen LogP contribution is 2.20. The smallest absolute Gasteiger partial charge is 0.225 e. The lowest BCUT2D eigenvalue weighted by Crippen LogP contribution is -2.40. The van der Waals surface area contributed by atoms with Gasteiger partial charge in [0, 0.05) is 30.6 Å². The third-order valence-electron chi connectivity index (χ3n) is 4.75. The van der Waals surface area contributed by atoms with E-state index in [1.165, 1.54) is 0 Å². The fraction of sp³-hybridized carbons (Fsp3) is 0.529. The maximum atomic E-state index is 12.3. The molecule has 1 N–H and O–H groups in total. The number of carbonyl (C=O) groups excluding carboxylic acids is 2. The van der Waals surface area contributed by atoms with E-state index in [9.17, 15) is 18.0 Å². The van der Waals surface area contributed by atoms with Crippen LogP contribution in [-0.2, 0) is 25.8 Å². The van der Waals surface area contributed by atoms with E-state index in [2.05, 4.69) is 5.32 Å². The summed E-state index contributed by atoms with van der Waals surface area (Å²) in [5.41, 5.74) is 1.08. The summed E-state index contributed by atoms with van der Waals surface area (Å²) in [6, 6.07) is 7.15. The highest BCUT2D eigenvalue weighted by atomic mass is 35.5. The Bertz CT molecular complexity index is 763. The molecule has 0 spiro atoms. The third-order valence-corrected chi connectivity index (χ3v) is 6.77. The van der Waals surface area contributed by atoms with Crippen molar-refractivity contribution in [1.82, 2.24) is 10.2 Å². The molecule has 2 heterocycles. The SMILES string of the molecule is O=C(NC1CCS(=O)(=O)C1)C1CC(=O)N(CCc2ccc(Cl)cc2)C1. The van der Waals surface area contributed by atoms with Crippen molar-refractivity contribution < 1.29 is 18.0 Å². The molecule has 2 aliphatic rings. The van der Waals surface area contributed by atoms with Crippen molar-refractivity contribution in [2.24, 2.45) is 5.92 Å². The summed E-state index contributed by atoms with van der Waals surface area (Å²) in [7, 11) is -3.03. The number of amides is 2. The van der Waals surface area contributed by atoms with Gasteiger partial charge in [0.2, 0.25) is 11.8 Å². The molecular formula is C17H21ClN2O4S. The Labute approximate surface area is 152 Å². The molecule has 0 saturated carbocycles. The Morgan fingerprint density at radius 3 is 2.64 bits per heavy atom. The second kappa shape index (κ2) is 7.33. The molecule has 1 aromatic rings. The minimum Gasteiger partial charge on any atom is -0.352 e. The van der Waals surface area contributed by atoms with Crippen molar-refractivity contribution >= 4 is 33.3 Å². The summed E-state index contributed by atoms with van der Waals surface area (Å²) in [4.78, 5) is 26.1. The first kappa shape index (κ1) is 18.2. The lowest BCUT2D eigenvalue weighted by Gasteiger charge is -2.17. The minimum atomic E-state index is -3.03. The molecule has 2 amide bonds. The average Bonchev–Trinajstić information content (AvgIpc) is 3.09. The van der Waals surface area contributed by atoms with Crippen LogP contribution in [-0.4, -0.2) is 55.8 Å². The second-order valence-electron chi connectivity index (χ2n) is 6.73. The van der Waals surface area contributed by atoms with Gasteiger partial charge >= 0.3 is 0 Å². The number of rotatable bonds is 5. The van der Waals surface area contributed by atoms with Gasteiger partial charge in [-0.15, -0.1) is 0 Å². The van der Waals surface area contributed by atoms with Gasteiger partial charge in [-0.25, -0.2) is 8.42 Å². The van der Waals surface area contributed by atoms with Gasteiger partial charge in [-0.3, -0.25) is 9.59 Å². The zero-order valence-electron chi connectivity index (χ0n) is 13.8. The minimum absolute atomic E-state index is 0.000310. The predicted molar refractivity (Wildman–Crippen MR) is 95.0 cm³/mol. The van der Waals surface area contributed by atoms with E-state index < -0.39 is 15.8 Å². The van der Waals surface area contributed by atoms with Crippen LogP contribution < -0.4 is 5.32 Å². The summed E-state index contributed by atoms with van der Waals surface area (Å²) >= 11 is 5.86. The number of nitrogens with zero attached hydrogens (tertiary/aromatic N) is 1. The van der Waals surface area contributed by atoms with Crippen LogP contribution in [0.15, 0.2) is 24.3 Å². The molecule has 0 bridgehead atoms. The van der Waals surface area contributed by atoms with Crippen LogP contribution in [0.2, 0.25) is 5.02 Å². The van der Waals surface area contributed by atoms with Crippen LogP contribution in [0, 0.1) is 5.92 Å².